The zero-order chi connectivity index (χ0) is 15.4. The number of nitrogens with zero attached hydrogens (tertiary/aromatic N) is 3. The highest BCUT2D eigenvalue weighted by molar-refractivity contribution is 7.14. The summed E-state index contributed by atoms with van der Waals surface area (Å²) in [5.41, 5.74) is 0.507. The topological polar surface area (TPSA) is 90.2 Å². The third-order valence-corrected chi connectivity index (χ3v) is 3.71. The van der Waals surface area contributed by atoms with E-state index in [1.807, 2.05) is 13.8 Å². The second kappa shape index (κ2) is 6.59. The molecule has 7 nitrogen and oxygen atoms in total. The molecule has 2 aromatic rings. The van der Waals surface area contributed by atoms with Gasteiger partial charge in [0.1, 0.15) is 5.01 Å². The Labute approximate surface area is 126 Å². The lowest BCUT2D eigenvalue weighted by molar-refractivity contribution is -0.385. The van der Waals surface area contributed by atoms with Gasteiger partial charge < -0.3 is 10.1 Å². The van der Waals surface area contributed by atoms with Crippen molar-refractivity contribution in [2.75, 3.05) is 7.11 Å². The number of nitro benzene ring substituents is 1. The predicted molar refractivity (Wildman–Crippen MR) is 80.5 cm³/mol. The first kappa shape index (κ1) is 15.3. The van der Waals surface area contributed by atoms with Gasteiger partial charge in [0.15, 0.2) is 5.01 Å². The number of methoxy groups -OCH3 is 1. The first-order chi connectivity index (χ1) is 10.0. The second-order valence-electron chi connectivity index (χ2n) is 4.65. The molecule has 0 saturated heterocycles. The van der Waals surface area contributed by atoms with Crippen LogP contribution in [0.5, 0.6) is 5.75 Å². The maximum Gasteiger partial charge on any atom is 0.311 e. The summed E-state index contributed by atoms with van der Waals surface area (Å²) in [6.45, 7) is 4.71. The fourth-order valence-electron chi connectivity index (χ4n) is 1.78. The highest BCUT2D eigenvalue weighted by Gasteiger charge is 2.21. The molecular formula is C13H16N4O3S. The summed E-state index contributed by atoms with van der Waals surface area (Å²) < 4.78 is 5.18. The van der Waals surface area contributed by atoms with Gasteiger partial charge in [0.05, 0.1) is 17.6 Å². The molecule has 2 rings (SSSR count). The van der Waals surface area contributed by atoms with E-state index >= 15 is 0 Å². The summed E-state index contributed by atoms with van der Waals surface area (Å²) in [4.78, 5) is 10.6. The SMILES string of the molecule is COc1c(-c2nnc(CNC(C)C)s2)cccc1[N+](=O)[O-]. The quantitative estimate of drug-likeness (QED) is 0.651. The molecule has 0 amide bonds. The van der Waals surface area contributed by atoms with Crippen molar-refractivity contribution in [3.8, 4) is 16.3 Å². The van der Waals surface area contributed by atoms with Crippen molar-refractivity contribution in [1.29, 1.82) is 0 Å². The van der Waals surface area contributed by atoms with E-state index < -0.39 is 4.92 Å². The van der Waals surface area contributed by atoms with Crippen molar-refractivity contribution in [1.82, 2.24) is 15.5 Å². The molecule has 112 valence electrons. The summed E-state index contributed by atoms with van der Waals surface area (Å²) in [6, 6.07) is 5.12. The number of rotatable bonds is 6. The van der Waals surface area contributed by atoms with Crippen LogP contribution < -0.4 is 10.1 Å². The third-order valence-electron chi connectivity index (χ3n) is 2.75. The van der Waals surface area contributed by atoms with Crippen molar-refractivity contribution < 1.29 is 9.66 Å². The number of hydrogen-bond acceptors (Lipinski definition) is 7. The monoisotopic (exact) mass is 308 g/mol. The van der Waals surface area contributed by atoms with Crippen LogP contribution in [0.1, 0.15) is 18.9 Å². The van der Waals surface area contributed by atoms with Crippen LogP contribution in [0, 0.1) is 10.1 Å². The normalized spacial score (nSPS) is 10.9. The molecule has 1 aromatic carbocycles. The van der Waals surface area contributed by atoms with Gasteiger partial charge in [0.2, 0.25) is 5.75 Å². The average molecular weight is 308 g/mol. The minimum Gasteiger partial charge on any atom is -0.490 e. The molecule has 1 heterocycles. The van der Waals surface area contributed by atoms with Crippen LogP contribution in [0.25, 0.3) is 10.6 Å². The number of para-hydroxylation sites is 1. The number of ether oxygens (including phenoxy) is 1. The standard InChI is InChI=1S/C13H16N4O3S/c1-8(2)14-7-11-15-16-13(21-11)9-5-4-6-10(17(18)19)12(9)20-3/h4-6,8,14H,7H2,1-3H3. The van der Waals surface area contributed by atoms with Crippen molar-refractivity contribution >= 4 is 17.0 Å². The highest BCUT2D eigenvalue weighted by Crippen LogP contribution is 2.38. The van der Waals surface area contributed by atoms with Gasteiger partial charge in [-0.3, -0.25) is 10.1 Å². The van der Waals surface area contributed by atoms with Gasteiger partial charge in [-0.05, 0) is 6.07 Å². The van der Waals surface area contributed by atoms with E-state index in [4.69, 9.17) is 4.74 Å². The zero-order valence-electron chi connectivity index (χ0n) is 12.0. The van der Waals surface area contributed by atoms with Gasteiger partial charge in [-0.15, -0.1) is 10.2 Å². The lowest BCUT2D eigenvalue weighted by Crippen LogP contribution is -2.21. The van der Waals surface area contributed by atoms with Crippen LogP contribution in [0.2, 0.25) is 0 Å². The van der Waals surface area contributed by atoms with Crippen LogP contribution >= 0.6 is 11.3 Å². The van der Waals surface area contributed by atoms with Gasteiger partial charge >= 0.3 is 5.69 Å². The van der Waals surface area contributed by atoms with Crippen molar-refractivity contribution in [2.24, 2.45) is 0 Å². The summed E-state index contributed by atoms with van der Waals surface area (Å²) in [5, 5.41) is 23.9. The Kier molecular flexibility index (Phi) is 4.81. The number of nitro groups is 1. The van der Waals surface area contributed by atoms with Gasteiger partial charge in [-0.2, -0.15) is 0 Å². The summed E-state index contributed by atoms with van der Waals surface area (Å²) in [6.07, 6.45) is 0. The molecule has 0 atom stereocenters. The first-order valence-electron chi connectivity index (χ1n) is 6.40. The van der Waals surface area contributed by atoms with Crippen LogP contribution in [0.3, 0.4) is 0 Å². The predicted octanol–water partition coefficient (Wildman–Crippen LogP) is 2.62. The minimum absolute atomic E-state index is 0.0768. The number of hydrogen-bond donors (Lipinski definition) is 1. The van der Waals surface area contributed by atoms with E-state index in [0.29, 0.717) is 23.2 Å². The Morgan fingerprint density at radius 1 is 1.43 bits per heavy atom. The molecule has 0 fully saturated rings. The summed E-state index contributed by atoms with van der Waals surface area (Å²) >= 11 is 1.39. The maximum atomic E-state index is 11.0. The summed E-state index contributed by atoms with van der Waals surface area (Å²) in [5.74, 6) is 0.210. The van der Waals surface area contributed by atoms with E-state index in [1.54, 1.807) is 12.1 Å². The summed E-state index contributed by atoms with van der Waals surface area (Å²) in [7, 11) is 1.41. The van der Waals surface area contributed by atoms with Crippen molar-refractivity contribution in [3.05, 3.63) is 33.3 Å². The lowest BCUT2D eigenvalue weighted by Gasteiger charge is -2.05. The molecule has 0 spiro atoms. The van der Waals surface area contributed by atoms with Gasteiger partial charge in [0.25, 0.3) is 0 Å². The van der Waals surface area contributed by atoms with Crippen LogP contribution in [-0.4, -0.2) is 28.3 Å². The fraction of sp³-hybridized carbons (Fsp3) is 0.385. The molecule has 0 aliphatic rings. The molecular weight excluding hydrogens is 292 g/mol. The number of nitrogens with one attached hydrogen (secondary N) is 1. The van der Waals surface area contributed by atoms with Crippen LogP contribution in [0.15, 0.2) is 18.2 Å². The van der Waals surface area contributed by atoms with E-state index in [2.05, 4.69) is 15.5 Å². The molecule has 0 radical (unpaired) electrons. The fourth-order valence-corrected chi connectivity index (χ4v) is 2.59. The first-order valence-corrected chi connectivity index (χ1v) is 7.22. The smallest absolute Gasteiger partial charge is 0.311 e. The maximum absolute atomic E-state index is 11.0. The molecule has 1 aromatic heterocycles. The van der Waals surface area contributed by atoms with E-state index in [1.165, 1.54) is 24.5 Å². The Morgan fingerprint density at radius 3 is 2.81 bits per heavy atom. The average Bonchev–Trinajstić information content (AvgIpc) is 2.92. The molecule has 0 saturated carbocycles. The van der Waals surface area contributed by atoms with E-state index in [0.717, 1.165) is 5.01 Å². The number of aromatic nitrogens is 2. The molecule has 21 heavy (non-hydrogen) atoms. The number of benzene rings is 1. The van der Waals surface area contributed by atoms with Crippen molar-refractivity contribution in [2.45, 2.75) is 26.4 Å². The second-order valence-corrected chi connectivity index (χ2v) is 5.71. The van der Waals surface area contributed by atoms with Crippen LogP contribution in [-0.2, 0) is 6.54 Å². The zero-order valence-corrected chi connectivity index (χ0v) is 12.8. The Bertz CT molecular complexity index is 642. The molecule has 0 bridgehead atoms. The molecule has 0 aliphatic heterocycles. The molecule has 0 aliphatic carbocycles. The minimum atomic E-state index is -0.468. The molecule has 8 heteroatoms. The van der Waals surface area contributed by atoms with Crippen molar-refractivity contribution in [3.63, 3.8) is 0 Å². The lowest BCUT2D eigenvalue weighted by atomic mass is 10.2. The molecule has 0 unspecified atom stereocenters. The largest absolute Gasteiger partial charge is 0.490 e. The van der Waals surface area contributed by atoms with Gasteiger partial charge in [-0.25, -0.2) is 0 Å². The van der Waals surface area contributed by atoms with E-state index in [-0.39, 0.29) is 11.4 Å². The van der Waals surface area contributed by atoms with Crippen LogP contribution in [0.4, 0.5) is 5.69 Å². The van der Waals surface area contributed by atoms with Gasteiger partial charge in [0, 0.05) is 18.7 Å². The highest BCUT2D eigenvalue weighted by atomic mass is 32.1. The third kappa shape index (κ3) is 3.53. The Morgan fingerprint density at radius 2 is 2.19 bits per heavy atom. The van der Waals surface area contributed by atoms with Gasteiger partial charge in [-0.1, -0.05) is 31.3 Å². The Balaban J connectivity index is 2.34. The molecule has 1 N–H and O–H groups in total. The van der Waals surface area contributed by atoms with E-state index in [9.17, 15) is 10.1 Å². The Hall–Kier alpha value is -2.06.